The minimum atomic E-state index is -0.545. The van der Waals surface area contributed by atoms with Gasteiger partial charge in [-0.05, 0) is 83.2 Å². The van der Waals surface area contributed by atoms with Gasteiger partial charge in [0, 0.05) is 54.8 Å². The number of carbonyl (C=O) groups is 2. The number of nitrogens with one attached hydrogen (secondary N) is 1. The first-order chi connectivity index (χ1) is 22.1. The highest BCUT2D eigenvalue weighted by molar-refractivity contribution is 6.07. The molecule has 10 nitrogen and oxygen atoms in total. The Morgan fingerprint density at radius 2 is 1.87 bits per heavy atom. The maximum atomic E-state index is 12.9. The van der Waals surface area contributed by atoms with Gasteiger partial charge in [0.05, 0.1) is 16.9 Å². The van der Waals surface area contributed by atoms with Crippen molar-refractivity contribution < 1.29 is 19.1 Å². The van der Waals surface area contributed by atoms with Crippen LogP contribution in [-0.4, -0.2) is 62.6 Å². The number of aryl methyl sites for hydroxylation is 1. The standard InChI is InChI=1S/C36H42N6O4/c1-6-25-15-17-31(43)42(25)30-13-7-11-27-26(30)16-14-23(2)32(27)45-33-28(12-8-19-37-33)29-18-20-38-34(40-29)39-24-10-9-21-41(22-24)35(44)46-36(3,4)5/h7-8,11-14,16,18-20,24-25H,6,9-10,15,17,21-22H2,1-5H3,(H,38,39,40). The van der Waals surface area contributed by atoms with Crippen molar-refractivity contribution in [2.24, 2.45) is 0 Å². The van der Waals surface area contributed by atoms with Crippen LogP contribution in [0.2, 0.25) is 0 Å². The molecule has 0 aliphatic carbocycles. The monoisotopic (exact) mass is 622 g/mol. The average Bonchev–Trinajstić information content (AvgIpc) is 3.41. The van der Waals surface area contributed by atoms with Gasteiger partial charge in [-0.3, -0.25) is 4.79 Å². The lowest BCUT2D eigenvalue weighted by atomic mass is 10.0. The van der Waals surface area contributed by atoms with E-state index in [1.165, 1.54) is 0 Å². The molecule has 46 heavy (non-hydrogen) atoms. The Morgan fingerprint density at radius 3 is 2.67 bits per heavy atom. The SMILES string of the molecule is CCC1CCC(=O)N1c1cccc2c(Oc3ncccc3-c3ccnc(NC4CCCN(C(=O)OC(C)(C)C)C4)n3)c(C)ccc12. The first kappa shape index (κ1) is 31.3. The number of hydrogen-bond donors (Lipinski definition) is 1. The second-order valence-electron chi connectivity index (χ2n) is 13.1. The number of hydrogen-bond acceptors (Lipinski definition) is 8. The largest absolute Gasteiger partial charge is 0.444 e. The molecule has 1 N–H and O–H groups in total. The summed E-state index contributed by atoms with van der Waals surface area (Å²) in [6, 6.07) is 15.9. The Labute approximate surface area is 270 Å². The number of pyridine rings is 1. The van der Waals surface area contributed by atoms with Crippen LogP contribution in [0.4, 0.5) is 16.4 Å². The number of nitrogens with zero attached hydrogens (tertiary/aromatic N) is 5. The number of fused-ring (bicyclic) bond motifs is 1. The number of ether oxygens (including phenoxy) is 2. The van der Waals surface area contributed by atoms with E-state index in [1.807, 2.05) is 75.1 Å². The Kier molecular flexibility index (Phi) is 8.80. The maximum absolute atomic E-state index is 12.9. The highest BCUT2D eigenvalue weighted by Crippen LogP contribution is 2.41. The van der Waals surface area contributed by atoms with Gasteiger partial charge in [-0.25, -0.2) is 19.7 Å². The summed E-state index contributed by atoms with van der Waals surface area (Å²) in [4.78, 5) is 43.2. The molecule has 240 valence electrons. The van der Waals surface area contributed by atoms with E-state index < -0.39 is 5.60 Å². The van der Waals surface area contributed by atoms with Gasteiger partial charge < -0.3 is 24.6 Å². The van der Waals surface area contributed by atoms with Crippen LogP contribution < -0.4 is 15.0 Å². The molecule has 2 fully saturated rings. The van der Waals surface area contributed by atoms with Crippen molar-refractivity contribution in [3.05, 3.63) is 66.5 Å². The van der Waals surface area contributed by atoms with E-state index in [0.717, 1.165) is 53.3 Å². The summed E-state index contributed by atoms with van der Waals surface area (Å²) in [5.74, 6) is 1.74. The van der Waals surface area contributed by atoms with E-state index in [-0.39, 0.29) is 24.1 Å². The third kappa shape index (κ3) is 6.61. The molecule has 4 heterocycles. The number of anilines is 2. The number of amides is 2. The summed E-state index contributed by atoms with van der Waals surface area (Å²) < 4.78 is 12.2. The zero-order valence-electron chi connectivity index (χ0n) is 27.2. The molecule has 2 saturated heterocycles. The normalized spacial score (nSPS) is 18.6. The van der Waals surface area contributed by atoms with Crippen molar-refractivity contribution in [2.75, 3.05) is 23.3 Å². The summed E-state index contributed by atoms with van der Waals surface area (Å²) in [6.45, 7) is 10.9. The van der Waals surface area contributed by atoms with Crippen molar-refractivity contribution in [1.29, 1.82) is 0 Å². The maximum Gasteiger partial charge on any atom is 0.410 e. The molecule has 0 radical (unpaired) electrons. The zero-order chi connectivity index (χ0) is 32.4. The number of carbonyl (C=O) groups excluding carboxylic acids is 2. The van der Waals surface area contributed by atoms with Gasteiger partial charge in [-0.2, -0.15) is 0 Å². The molecule has 2 unspecified atom stereocenters. The van der Waals surface area contributed by atoms with E-state index in [1.54, 1.807) is 17.3 Å². The fourth-order valence-electron chi connectivity index (χ4n) is 6.34. The predicted molar refractivity (Wildman–Crippen MR) is 179 cm³/mol. The average molecular weight is 623 g/mol. The molecule has 2 amide bonds. The number of likely N-dealkylation sites (tertiary alicyclic amines) is 1. The highest BCUT2D eigenvalue weighted by Gasteiger charge is 2.32. The Morgan fingerprint density at radius 1 is 1.02 bits per heavy atom. The molecule has 6 rings (SSSR count). The van der Waals surface area contributed by atoms with Gasteiger partial charge in [-0.1, -0.05) is 31.2 Å². The van der Waals surface area contributed by atoms with Gasteiger partial charge in [0.25, 0.3) is 0 Å². The lowest BCUT2D eigenvalue weighted by Gasteiger charge is -2.34. The highest BCUT2D eigenvalue weighted by atomic mass is 16.6. The van der Waals surface area contributed by atoms with Gasteiger partial charge in [0.2, 0.25) is 17.7 Å². The fourth-order valence-corrected chi connectivity index (χ4v) is 6.34. The molecule has 0 bridgehead atoms. The molecular formula is C36H42N6O4. The fraction of sp³-hybridized carbons (Fsp3) is 0.417. The lowest BCUT2D eigenvalue weighted by molar-refractivity contribution is -0.117. The van der Waals surface area contributed by atoms with Crippen LogP contribution in [0, 0.1) is 6.92 Å². The van der Waals surface area contributed by atoms with Crippen molar-refractivity contribution >= 4 is 34.4 Å². The number of aromatic nitrogens is 3. The van der Waals surface area contributed by atoms with Gasteiger partial charge >= 0.3 is 6.09 Å². The summed E-state index contributed by atoms with van der Waals surface area (Å²) in [5.41, 5.74) is 2.71. The van der Waals surface area contributed by atoms with Crippen LogP contribution in [0.1, 0.15) is 65.4 Å². The summed E-state index contributed by atoms with van der Waals surface area (Å²) in [7, 11) is 0. The first-order valence-electron chi connectivity index (χ1n) is 16.2. The van der Waals surface area contributed by atoms with E-state index in [0.29, 0.717) is 42.8 Å². The molecule has 10 heteroatoms. The molecule has 2 aromatic heterocycles. The summed E-state index contributed by atoms with van der Waals surface area (Å²) in [5, 5.41) is 5.31. The van der Waals surface area contributed by atoms with Crippen LogP contribution in [-0.2, 0) is 9.53 Å². The van der Waals surface area contributed by atoms with E-state index in [2.05, 4.69) is 28.3 Å². The molecule has 0 saturated carbocycles. The zero-order valence-corrected chi connectivity index (χ0v) is 27.2. The van der Waals surface area contributed by atoms with Gasteiger partial charge in [0.1, 0.15) is 11.4 Å². The van der Waals surface area contributed by atoms with Gasteiger partial charge in [-0.15, -0.1) is 0 Å². The van der Waals surface area contributed by atoms with E-state index in [9.17, 15) is 9.59 Å². The smallest absolute Gasteiger partial charge is 0.410 e. The lowest BCUT2D eigenvalue weighted by Crippen LogP contribution is -2.47. The molecular weight excluding hydrogens is 580 g/mol. The molecule has 2 aliphatic heterocycles. The minimum absolute atomic E-state index is 0.0107. The van der Waals surface area contributed by atoms with Crippen molar-refractivity contribution in [1.82, 2.24) is 19.9 Å². The van der Waals surface area contributed by atoms with E-state index >= 15 is 0 Å². The van der Waals surface area contributed by atoms with Crippen molar-refractivity contribution in [3.63, 3.8) is 0 Å². The number of benzene rings is 2. The molecule has 2 aromatic carbocycles. The van der Waals surface area contributed by atoms with Crippen LogP contribution in [0.15, 0.2) is 60.9 Å². The van der Waals surface area contributed by atoms with Crippen LogP contribution in [0.3, 0.4) is 0 Å². The topological polar surface area (TPSA) is 110 Å². The molecule has 2 aliphatic rings. The van der Waals surface area contributed by atoms with Crippen molar-refractivity contribution in [3.8, 4) is 22.9 Å². The van der Waals surface area contributed by atoms with Crippen LogP contribution >= 0.6 is 0 Å². The van der Waals surface area contributed by atoms with Gasteiger partial charge in [0.15, 0.2) is 0 Å². The first-order valence-corrected chi connectivity index (χ1v) is 16.2. The molecule has 2 atom stereocenters. The van der Waals surface area contributed by atoms with Crippen LogP contribution in [0.5, 0.6) is 11.6 Å². The molecule has 4 aromatic rings. The Hall–Kier alpha value is -4.73. The van der Waals surface area contributed by atoms with Crippen molar-refractivity contribution in [2.45, 2.75) is 84.4 Å². The Balaban J connectivity index is 1.26. The third-order valence-electron chi connectivity index (χ3n) is 8.55. The minimum Gasteiger partial charge on any atom is -0.444 e. The summed E-state index contributed by atoms with van der Waals surface area (Å²) >= 11 is 0. The summed E-state index contributed by atoms with van der Waals surface area (Å²) in [6.07, 6.45) is 7.20. The predicted octanol–water partition coefficient (Wildman–Crippen LogP) is 7.51. The quantitative estimate of drug-likeness (QED) is 0.226. The second-order valence-corrected chi connectivity index (χ2v) is 13.1. The molecule has 0 spiro atoms. The van der Waals surface area contributed by atoms with E-state index in [4.69, 9.17) is 14.5 Å². The number of piperidine rings is 1. The Bertz CT molecular complexity index is 1750. The number of rotatable bonds is 7. The van der Waals surface area contributed by atoms with Crippen LogP contribution in [0.25, 0.3) is 22.0 Å². The third-order valence-corrected chi connectivity index (χ3v) is 8.55. The second kappa shape index (κ2) is 12.9.